The van der Waals surface area contributed by atoms with Gasteiger partial charge < -0.3 is 20.5 Å². The van der Waals surface area contributed by atoms with Crippen molar-refractivity contribution < 1.29 is 24.6 Å². The Morgan fingerprint density at radius 3 is 2.59 bits per heavy atom. The van der Waals surface area contributed by atoms with Gasteiger partial charge in [0.25, 0.3) is 5.91 Å². The minimum absolute atomic E-state index is 0.0986. The van der Waals surface area contributed by atoms with Gasteiger partial charge in [-0.1, -0.05) is 23.2 Å². The maximum absolute atomic E-state index is 12.8. The van der Waals surface area contributed by atoms with E-state index in [0.29, 0.717) is 43.1 Å². The number of hydrogen-bond acceptors (Lipinski definition) is 7. The van der Waals surface area contributed by atoms with Gasteiger partial charge in [-0.15, -0.1) is 11.3 Å². The van der Waals surface area contributed by atoms with Crippen molar-refractivity contribution in [1.82, 2.24) is 25.3 Å². The van der Waals surface area contributed by atoms with Crippen molar-refractivity contribution in [2.24, 2.45) is 5.92 Å². The van der Waals surface area contributed by atoms with Crippen LogP contribution in [0.15, 0.2) is 11.6 Å². The number of thiazole rings is 1. The number of carbonyl (C=O) groups excluding carboxylic acids is 1. The highest BCUT2D eigenvalue weighted by Gasteiger charge is 2.48. The molecule has 3 atom stereocenters. The van der Waals surface area contributed by atoms with E-state index in [1.54, 1.807) is 18.5 Å². The van der Waals surface area contributed by atoms with Gasteiger partial charge in [-0.2, -0.15) is 0 Å². The van der Waals surface area contributed by atoms with Crippen LogP contribution in [0.3, 0.4) is 0 Å². The molecule has 4 N–H and O–H groups in total. The summed E-state index contributed by atoms with van der Waals surface area (Å²) in [4.78, 5) is 44.3. The van der Waals surface area contributed by atoms with Crippen molar-refractivity contribution in [3.8, 4) is 0 Å². The molecule has 2 fully saturated rings. The summed E-state index contributed by atoms with van der Waals surface area (Å²) in [6.45, 7) is 3.15. The molecule has 2 saturated heterocycles. The standard InChI is InChI=1S/C21H25Cl2N5O5S/c1-11-14(22)15(23)16(25-11)17(29)26-13-3-7-27(9-12(13)18(30)31)28-6-2-4-21(10-28,20(32)33)19-24-5-8-34-19/h5,8,12-13,25H,2-4,6-7,9-10H2,1H3,(H,26,29)(H,30,31)(H,32,33)/t12-,13+,21?/m0/s1. The zero-order valence-electron chi connectivity index (χ0n) is 18.4. The van der Waals surface area contributed by atoms with Crippen LogP contribution in [0.4, 0.5) is 0 Å². The minimum Gasteiger partial charge on any atom is -0.481 e. The van der Waals surface area contributed by atoms with Gasteiger partial charge in [0.15, 0.2) is 0 Å². The lowest BCUT2D eigenvalue weighted by molar-refractivity contribution is -0.159. The maximum Gasteiger partial charge on any atom is 0.318 e. The summed E-state index contributed by atoms with van der Waals surface area (Å²) < 4.78 is 0. The second kappa shape index (κ2) is 9.82. The third kappa shape index (κ3) is 4.55. The van der Waals surface area contributed by atoms with Crippen LogP contribution in [0.25, 0.3) is 0 Å². The van der Waals surface area contributed by atoms with E-state index in [-0.39, 0.29) is 28.8 Å². The highest BCUT2D eigenvalue weighted by molar-refractivity contribution is 7.09. The lowest BCUT2D eigenvalue weighted by Gasteiger charge is -2.47. The molecule has 10 nitrogen and oxygen atoms in total. The number of H-pyrrole nitrogens is 1. The van der Waals surface area contributed by atoms with E-state index in [0.717, 1.165) is 0 Å². The second-order valence-corrected chi connectivity index (χ2v) is 10.3. The molecular weight excluding hydrogens is 505 g/mol. The molecule has 2 aliphatic rings. The van der Waals surface area contributed by atoms with Gasteiger partial charge in [0.1, 0.15) is 16.1 Å². The Morgan fingerprint density at radius 1 is 1.24 bits per heavy atom. The quantitative estimate of drug-likeness (QED) is 0.447. The molecule has 0 radical (unpaired) electrons. The van der Waals surface area contributed by atoms with Gasteiger partial charge in [0.05, 0.1) is 16.0 Å². The normalized spacial score (nSPS) is 26.3. The summed E-state index contributed by atoms with van der Waals surface area (Å²) >= 11 is 13.5. The average Bonchev–Trinajstić information content (AvgIpc) is 3.44. The zero-order chi connectivity index (χ0) is 24.6. The third-order valence-electron chi connectivity index (χ3n) is 6.63. The first-order valence-corrected chi connectivity index (χ1v) is 12.5. The minimum atomic E-state index is -1.13. The molecule has 0 spiro atoms. The lowest BCUT2D eigenvalue weighted by atomic mass is 9.80. The van der Waals surface area contributed by atoms with Crippen molar-refractivity contribution in [1.29, 1.82) is 0 Å². The molecule has 0 aromatic carbocycles. The number of halogens is 2. The van der Waals surface area contributed by atoms with Crippen LogP contribution >= 0.6 is 34.5 Å². The Labute approximate surface area is 209 Å². The second-order valence-electron chi connectivity index (χ2n) is 8.70. The topological polar surface area (TPSA) is 139 Å². The number of hydrazine groups is 1. The number of carboxylic acid groups (broad SMARTS) is 2. The summed E-state index contributed by atoms with van der Waals surface area (Å²) in [5, 5.41) is 29.2. The van der Waals surface area contributed by atoms with E-state index < -0.39 is 35.2 Å². The number of aromatic amines is 1. The van der Waals surface area contributed by atoms with Gasteiger partial charge >= 0.3 is 11.9 Å². The van der Waals surface area contributed by atoms with Gasteiger partial charge in [0, 0.05) is 49.5 Å². The summed E-state index contributed by atoms with van der Waals surface area (Å²) in [5.41, 5.74) is -0.479. The molecule has 4 rings (SSSR count). The highest BCUT2D eigenvalue weighted by atomic mass is 35.5. The molecule has 1 unspecified atom stereocenters. The van der Waals surface area contributed by atoms with Crippen LogP contribution in [0.2, 0.25) is 10.0 Å². The fourth-order valence-electron chi connectivity index (χ4n) is 4.76. The predicted molar refractivity (Wildman–Crippen MR) is 126 cm³/mol. The Kier molecular flexibility index (Phi) is 7.20. The SMILES string of the molecule is Cc1[nH]c(C(=O)N[C@@H]2CCN(N3CCCC(C(=O)O)(c4nccs4)C3)C[C@@H]2C(=O)O)c(Cl)c1Cl. The summed E-state index contributed by atoms with van der Waals surface area (Å²) in [6.07, 6.45) is 3.09. The van der Waals surface area contributed by atoms with Crippen LogP contribution in [-0.2, 0) is 15.0 Å². The number of piperidine rings is 2. The fourth-order valence-corrected chi connectivity index (χ4v) is 6.03. The summed E-state index contributed by atoms with van der Waals surface area (Å²) in [7, 11) is 0. The molecule has 184 valence electrons. The Morgan fingerprint density at radius 2 is 2.00 bits per heavy atom. The molecule has 2 aliphatic heterocycles. The molecule has 34 heavy (non-hydrogen) atoms. The smallest absolute Gasteiger partial charge is 0.318 e. The van der Waals surface area contributed by atoms with Gasteiger partial charge in [-0.3, -0.25) is 14.4 Å². The Hall–Kier alpha value is -2.18. The molecule has 13 heteroatoms. The van der Waals surface area contributed by atoms with Gasteiger partial charge in [-0.25, -0.2) is 15.0 Å². The molecule has 4 heterocycles. The summed E-state index contributed by atoms with van der Waals surface area (Å²) in [6, 6.07) is -0.618. The van der Waals surface area contributed by atoms with Crippen LogP contribution in [0.1, 0.15) is 40.5 Å². The Bertz CT molecular complexity index is 1090. The number of nitrogens with zero attached hydrogens (tertiary/aromatic N) is 3. The van der Waals surface area contributed by atoms with Gasteiger partial charge in [0.2, 0.25) is 0 Å². The monoisotopic (exact) mass is 529 g/mol. The predicted octanol–water partition coefficient (Wildman–Crippen LogP) is 2.62. The molecule has 2 aromatic heterocycles. The highest BCUT2D eigenvalue weighted by Crippen LogP contribution is 2.37. The number of rotatable bonds is 6. The van der Waals surface area contributed by atoms with E-state index in [1.807, 2.05) is 10.0 Å². The van der Waals surface area contributed by atoms with Crippen LogP contribution in [0, 0.1) is 12.8 Å². The summed E-state index contributed by atoms with van der Waals surface area (Å²) in [5.74, 6) is -3.37. The van der Waals surface area contributed by atoms with Crippen molar-refractivity contribution >= 4 is 52.4 Å². The first kappa shape index (κ1) is 24.9. The number of aliphatic carboxylic acids is 2. The fraction of sp³-hybridized carbons (Fsp3) is 0.524. The van der Waals surface area contributed by atoms with Crippen LogP contribution in [-0.4, -0.2) is 80.3 Å². The van der Waals surface area contributed by atoms with E-state index in [9.17, 15) is 24.6 Å². The number of hydrogen-bond donors (Lipinski definition) is 4. The van der Waals surface area contributed by atoms with Crippen LogP contribution in [0.5, 0.6) is 0 Å². The van der Waals surface area contributed by atoms with E-state index >= 15 is 0 Å². The zero-order valence-corrected chi connectivity index (χ0v) is 20.7. The molecule has 0 aliphatic carbocycles. The van der Waals surface area contributed by atoms with E-state index in [4.69, 9.17) is 23.2 Å². The molecule has 0 saturated carbocycles. The number of nitrogens with one attached hydrogen (secondary N) is 2. The molecular formula is C21H25Cl2N5O5S. The molecule has 2 aromatic rings. The van der Waals surface area contributed by atoms with Crippen molar-refractivity contribution in [3.05, 3.63) is 38.0 Å². The largest absolute Gasteiger partial charge is 0.481 e. The lowest BCUT2D eigenvalue weighted by Crippen LogP contribution is -2.62. The molecule has 0 bridgehead atoms. The number of aryl methyl sites for hydroxylation is 1. The maximum atomic E-state index is 12.8. The van der Waals surface area contributed by atoms with Crippen molar-refractivity contribution in [2.45, 2.75) is 37.6 Å². The Balaban J connectivity index is 1.48. The molecule has 1 amide bonds. The van der Waals surface area contributed by atoms with E-state index in [2.05, 4.69) is 15.3 Å². The number of carboxylic acids is 2. The number of aromatic nitrogens is 2. The van der Waals surface area contributed by atoms with Crippen LogP contribution < -0.4 is 5.32 Å². The first-order chi connectivity index (χ1) is 16.1. The van der Waals surface area contributed by atoms with E-state index in [1.165, 1.54) is 11.3 Å². The van der Waals surface area contributed by atoms with Gasteiger partial charge in [-0.05, 0) is 26.2 Å². The van der Waals surface area contributed by atoms with Crippen molar-refractivity contribution in [2.75, 3.05) is 26.2 Å². The van der Waals surface area contributed by atoms with Crippen molar-refractivity contribution in [3.63, 3.8) is 0 Å². The first-order valence-electron chi connectivity index (χ1n) is 10.8. The average molecular weight is 530 g/mol. The number of carbonyl (C=O) groups is 3. The third-order valence-corrected chi connectivity index (χ3v) is 8.55. The number of amides is 1.